The molecule has 0 amide bonds. The summed E-state index contributed by atoms with van der Waals surface area (Å²) < 4.78 is 0. The molecule has 0 bridgehead atoms. The van der Waals surface area contributed by atoms with Crippen molar-refractivity contribution in [3.05, 3.63) is 89.6 Å². The molecule has 1 heteroatoms. The Morgan fingerprint density at radius 3 is 2.14 bits per heavy atom. The molecule has 0 radical (unpaired) electrons. The van der Waals surface area contributed by atoms with Crippen LogP contribution >= 0.6 is 0 Å². The molecule has 0 N–H and O–H groups in total. The quantitative estimate of drug-likeness (QED) is 0.757. The number of rotatable bonds is 3. The van der Waals surface area contributed by atoms with Crippen LogP contribution in [0.25, 0.3) is 5.57 Å². The van der Waals surface area contributed by atoms with Gasteiger partial charge in [0.1, 0.15) is 0 Å². The van der Waals surface area contributed by atoms with Crippen LogP contribution in [0.15, 0.2) is 78.5 Å². The molecule has 1 atom stereocenters. The minimum Gasteiger partial charge on any atom is -0.367 e. The van der Waals surface area contributed by atoms with Gasteiger partial charge in [-0.05, 0) is 30.5 Å². The average Bonchev–Trinajstić information content (AvgIpc) is 2.56. The van der Waals surface area contributed by atoms with Crippen molar-refractivity contribution in [2.45, 2.75) is 19.9 Å². The van der Waals surface area contributed by atoms with E-state index < -0.39 is 0 Å². The first-order chi connectivity index (χ1) is 10.3. The molecule has 1 heterocycles. The van der Waals surface area contributed by atoms with E-state index in [1.54, 1.807) is 0 Å². The van der Waals surface area contributed by atoms with Crippen LogP contribution in [0.4, 0.5) is 0 Å². The molecule has 0 aromatic heterocycles. The van der Waals surface area contributed by atoms with Gasteiger partial charge in [-0.1, -0.05) is 66.7 Å². The van der Waals surface area contributed by atoms with Crippen LogP contribution in [0, 0.1) is 0 Å². The van der Waals surface area contributed by atoms with E-state index in [1.165, 1.54) is 22.3 Å². The smallest absolute Gasteiger partial charge is 0.0727 e. The van der Waals surface area contributed by atoms with Crippen LogP contribution in [0.5, 0.6) is 0 Å². The van der Waals surface area contributed by atoms with E-state index >= 15 is 0 Å². The Morgan fingerprint density at radius 2 is 1.52 bits per heavy atom. The van der Waals surface area contributed by atoms with Gasteiger partial charge in [0.25, 0.3) is 0 Å². The van der Waals surface area contributed by atoms with Gasteiger partial charge < -0.3 is 4.90 Å². The summed E-state index contributed by atoms with van der Waals surface area (Å²) in [6.07, 6.45) is 4.68. The molecule has 2 aromatic rings. The molecule has 0 fully saturated rings. The molecule has 21 heavy (non-hydrogen) atoms. The van der Waals surface area contributed by atoms with Crippen LogP contribution in [0.3, 0.4) is 0 Å². The molecule has 0 spiro atoms. The first-order valence-corrected chi connectivity index (χ1v) is 7.56. The predicted octanol–water partition coefficient (Wildman–Crippen LogP) is 5.05. The Balaban J connectivity index is 1.98. The van der Waals surface area contributed by atoms with Crippen LogP contribution in [0.1, 0.15) is 31.0 Å². The third-order valence-electron chi connectivity index (χ3n) is 4.08. The van der Waals surface area contributed by atoms with E-state index in [9.17, 15) is 0 Å². The zero-order valence-corrected chi connectivity index (χ0v) is 12.7. The maximum atomic E-state index is 2.41. The second-order valence-corrected chi connectivity index (χ2v) is 5.44. The number of nitrogens with zero attached hydrogens (tertiary/aromatic N) is 1. The van der Waals surface area contributed by atoms with Crippen LogP contribution in [-0.2, 0) is 0 Å². The van der Waals surface area contributed by atoms with Crippen molar-refractivity contribution in [3.8, 4) is 0 Å². The van der Waals surface area contributed by atoms with Crippen LogP contribution in [-0.4, -0.2) is 11.4 Å². The highest BCUT2D eigenvalue weighted by molar-refractivity contribution is 5.79. The van der Waals surface area contributed by atoms with Gasteiger partial charge in [-0.3, -0.25) is 0 Å². The molecule has 0 saturated carbocycles. The van der Waals surface area contributed by atoms with Crippen molar-refractivity contribution in [2.24, 2.45) is 0 Å². The van der Waals surface area contributed by atoms with E-state index in [1.807, 2.05) is 0 Å². The predicted molar refractivity (Wildman–Crippen MR) is 89.7 cm³/mol. The number of likely N-dealkylation sites (N-methyl/N-ethyl adjacent to an activating group) is 1. The molecular formula is C20H21N. The van der Waals surface area contributed by atoms with Crippen molar-refractivity contribution in [1.82, 2.24) is 4.90 Å². The Labute approximate surface area is 127 Å². The lowest BCUT2D eigenvalue weighted by atomic mass is 9.92. The molecular weight excluding hydrogens is 254 g/mol. The zero-order chi connectivity index (χ0) is 14.7. The Hall–Kier alpha value is -2.28. The summed E-state index contributed by atoms with van der Waals surface area (Å²) in [5.74, 6) is 0. The summed E-state index contributed by atoms with van der Waals surface area (Å²) in [6, 6.07) is 21.7. The van der Waals surface area contributed by atoms with Crippen LogP contribution in [0.2, 0.25) is 0 Å². The third-order valence-corrected chi connectivity index (χ3v) is 4.08. The maximum Gasteiger partial charge on any atom is 0.0727 e. The molecule has 1 aliphatic rings. The average molecular weight is 275 g/mol. The lowest BCUT2D eigenvalue weighted by Gasteiger charge is -2.33. The van der Waals surface area contributed by atoms with Crippen molar-refractivity contribution >= 4 is 5.57 Å². The lowest BCUT2D eigenvalue weighted by molar-refractivity contribution is 0.338. The highest BCUT2D eigenvalue weighted by Crippen LogP contribution is 2.34. The first-order valence-electron chi connectivity index (χ1n) is 7.56. The molecule has 0 aliphatic carbocycles. The van der Waals surface area contributed by atoms with Crippen molar-refractivity contribution in [3.63, 3.8) is 0 Å². The molecule has 1 aliphatic heterocycles. The number of hydrogen-bond donors (Lipinski definition) is 0. The summed E-state index contributed by atoms with van der Waals surface area (Å²) in [4.78, 5) is 2.41. The minimum absolute atomic E-state index is 0.337. The van der Waals surface area contributed by atoms with Crippen molar-refractivity contribution in [1.29, 1.82) is 0 Å². The molecule has 106 valence electrons. The molecule has 1 unspecified atom stereocenters. The van der Waals surface area contributed by atoms with E-state index in [2.05, 4.69) is 91.7 Å². The Kier molecular flexibility index (Phi) is 3.92. The normalized spacial score (nSPS) is 18.2. The molecule has 2 aromatic carbocycles. The van der Waals surface area contributed by atoms with E-state index in [-0.39, 0.29) is 0 Å². The summed E-state index contributed by atoms with van der Waals surface area (Å²) in [5, 5.41) is 0. The van der Waals surface area contributed by atoms with Gasteiger partial charge in [-0.25, -0.2) is 0 Å². The number of benzene rings is 2. The topological polar surface area (TPSA) is 3.24 Å². The van der Waals surface area contributed by atoms with Gasteiger partial charge in [0.05, 0.1) is 6.04 Å². The SMILES string of the molecule is CCN1C=C(c2ccccc2)C(C)=CC1c1ccccc1. The standard InChI is InChI=1S/C20H21N/c1-3-21-15-19(17-10-6-4-7-11-17)16(2)14-20(21)18-12-8-5-9-13-18/h4-15,20H,3H2,1-2H3. The summed E-state index contributed by atoms with van der Waals surface area (Å²) in [5.41, 5.74) is 5.31. The molecule has 0 saturated heterocycles. The number of hydrogen-bond acceptors (Lipinski definition) is 1. The fourth-order valence-corrected chi connectivity index (χ4v) is 2.92. The minimum atomic E-state index is 0.337. The fraction of sp³-hybridized carbons (Fsp3) is 0.200. The molecule has 3 rings (SSSR count). The number of allylic oxidation sites excluding steroid dienone is 2. The van der Waals surface area contributed by atoms with E-state index in [0.29, 0.717) is 6.04 Å². The lowest BCUT2D eigenvalue weighted by Crippen LogP contribution is -2.25. The van der Waals surface area contributed by atoms with Gasteiger partial charge in [0, 0.05) is 18.3 Å². The maximum absolute atomic E-state index is 2.41. The third kappa shape index (κ3) is 2.78. The van der Waals surface area contributed by atoms with Gasteiger partial charge in [0.2, 0.25) is 0 Å². The van der Waals surface area contributed by atoms with Crippen molar-refractivity contribution in [2.75, 3.05) is 6.54 Å². The Bertz CT molecular complexity index is 653. The summed E-state index contributed by atoms with van der Waals surface area (Å²) >= 11 is 0. The molecule has 1 nitrogen and oxygen atoms in total. The van der Waals surface area contributed by atoms with Crippen LogP contribution < -0.4 is 0 Å². The Morgan fingerprint density at radius 1 is 0.905 bits per heavy atom. The zero-order valence-electron chi connectivity index (χ0n) is 12.7. The largest absolute Gasteiger partial charge is 0.367 e. The van der Waals surface area contributed by atoms with E-state index in [0.717, 1.165) is 6.54 Å². The highest BCUT2D eigenvalue weighted by Gasteiger charge is 2.21. The van der Waals surface area contributed by atoms with Gasteiger partial charge in [0.15, 0.2) is 0 Å². The van der Waals surface area contributed by atoms with Gasteiger partial charge in [-0.15, -0.1) is 0 Å². The van der Waals surface area contributed by atoms with E-state index in [4.69, 9.17) is 0 Å². The first kappa shape index (κ1) is 13.7. The fourth-order valence-electron chi connectivity index (χ4n) is 2.92. The summed E-state index contributed by atoms with van der Waals surface area (Å²) in [6.45, 7) is 5.42. The van der Waals surface area contributed by atoms with Gasteiger partial charge in [-0.2, -0.15) is 0 Å². The van der Waals surface area contributed by atoms with Crippen molar-refractivity contribution < 1.29 is 0 Å². The second kappa shape index (κ2) is 6.01. The summed E-state index contributed by atoms with van der Waals surface area (Å²) in [7, 11) is 0. The second-order valence-electron chi connectivity index (χ2n) is 5.44. The monoisotopic (exact) mass is 275 g/mol. The van der Waals surface area contributed by atoms with Gasteiger partial charge >= 0.3 is 0 Å². The highest BCUT2D eigenvalue weighted by atomic mass is 15.1.